The van der Waals surface area contributed by atoms with Crippen molar-refractivity contribution >= 4 is 11.7 Å². The first-order valence-electron chi connectivity index (χ1n) is 10.2. The molecule has 1 atom stereocenters. The summed E-state index contributed by atoms with van der Waals surface area (Å²) in [4.78, 5) is 19.1. The fraction of sp³-hybridized carbons (Fsp3) is 0.348. The molecular formula is C23H26N4O2. The fourth-order valence-electron chi connectivity index (χ4n) is 3.69. The van der Waals surface area contributed by atoms with Gasteiger partial charge in [0, 0.05) is 24.3 Å². The molecule has 0 spiro atoms. The number of carbonyl (C=O) groups excluding carboxylic acids is 1. The Morgan fingerprint density at radius 3 is 2.83 bits per heavy atom. The summed E-state index contributed by atoms with van der Waals surface area (Å²) in [6, 6.07) is 15.9. The number of likely N-dealkylation sites (tertiary alicyclic amines) is 1. The molecule has 0 bridgehead atoms. The van der Waals surface area contributed by atoms with Crippen LogP contribution in [0.2, 0.25) is 0 Å². The Balaban J connectivity index is 1.42. The number of anilines is 1. The average molecular weight is 390 g/mol. The van der Waals surface area contributed by atoms with Gasteiger partial charge in [-0.3, -0.25) is 0 Å². The third-order valence-electron chi connectivity index (χ3n) is 5.39. The summed E-state index contributed by atoms with van der Waals surface area (Å²) in [5.74, 6) is 1.26. The van der Waals surface area contributed by atoms with Gasteiger partial charge in [0.25, 0.3) is 0 Å². The maximum absolute atomic E-state index is 12.7. The molecule has 0 saturated carbocycles. The van der Waals surface area contributed by atoms with Gasteiger partial charge in [-0.15, -0.1) is 0 Å². The number of hydrogen-bond acceptors (Lipinski definition) is 4. The van der Waals surface area contributed by atoms with Crippen LogP contribution in [0.1, 0.15) is 42.7 Å². The predicted octanol–water partition coefficient (Wildman–Crippen LogP) is 5.02. The van der Waals surface area contributed by atoms with Crippen molar-refractivity contribution in [2.45, 2.75) is 39.0 Å². The number of nitrogens with zero attached hydrogens (tertiary/aromatic N) is 3. The molecule has 1 N–H and O–H groups in total. The number of benzene rings is 2. The van der Waals surface area contributed by atoms with E-state index in [1.54, 1.807) is 0 Å². The number of amides is 2. The number of aryl methyl sites for hydroxylation is 2. The van der Waals surface area contributed by atoms with Gasteiger partial charge in [0.05, 0.1) is 5.92 Å². The molecule has 1 unspecified atom stereocenters. The van der Waals surface area contributed by atoms with Crippen molar-refractivity contribution < 1.29 is 9.32 Å². The first kappa shape index (κ1) is 19.2. The molecule has 1 fully saturated rings. The van der Waals surface area contributed by atoms with Crippen molar-refractivity contribution in [3.8, 4) is 11.4 Å². The van der Waals surface area contributed by atoms with Crippen molar-refractivity contribution in [1.29, 1.82) is 0 Å². The standard InChI is InChI=1S/C23H26N4O2/c1-3-17-9-11-20(12-10-17)24-23(28)27-13-5-8-19(15-27)22-25-21(26-29-22)18-7-4-6-16(2)14-18/h4,6-7,9-12,14,19H,3,5,8,13,15H2,1-2H3,(H,24,28). The van der Waals surface area contributed by atoms with Gasteiger partial charge in [-0.2, -0.15) is 4.98 Å². The van der Waals surface area contributed by atoms with E-state index >= 15 is 0 Å². The topological polar surface area (TPSA) is 71.3 Å². The highest BCUT2D eigenvalue weighted by molar-refractivity contribution is 5.89. The summed E-state index contributed by atoms with van der Waals surface area (Å²) in [6.07, 6.45) is 2.83. The van der Waals surface area contributed by atoms with Gasteiger partial charge in [-0.05, 0) is 49.9 Å². The second-order valence-electron chi connectivity index (χ2n) is 7.59. The van der Waals surface area contributed by atoms with E-state index in [9.17, 15) is 4.79 Å². The van der Waals surface area contributed by atoms with Gasteiger partial charge in [-0.25, -0.2) is 4.79 Å². The van der Waals surface area contributed by atoms with Crippen LogP contribution in [0.4, 0.5) is 10.5 Å². The van der Waals surface area contributed by atoms with Crippen LogP contribution in [0.15, 0.2) is 53.1 Å². The van der Waals surface area contributed by atoms with Crippen molar-refractivity contribution in [3.63, 3.8) is 0 Å². The van der Waals surface area contributed by atoms with E-state index in [-0.39, 0.29) is 11.9 Å². The lowest BCUT2D eigenvalue weighted by molar-refractivity contribution is 0.184. The highest BCUT2D eigenvalue weighted by Gasteiger charge is 2.28. The number of piperidine rings is 1. The Bertz CT molecular complexity index is 981. The van der Waals surface area contributed by atoms with E-state index in [1.807, 2.05) is 60.4 Å². The maximum Gasteiger partial charge on any atom is 0.321 e. The lowest BCUT2D eigenvalue weighted by atomic mass is 9.98. The third kappa shape index (κ3) is 4.47. The number of carbonyl (C=O) groups is 1. The summed E-state index contributed by atoms with van der Waals surface area (Å²) in [5.41, 5.74) is 4.16. The Morgan fingerprint density at radius 2 is 2.07 bits per heavy atom. The van der Waals surface area contributed by atoms with Crippen LogP contribution in [0.25, 0.3) is 11.4 Å². The van der Waals surface area contributed by atoms with Crippen LogP contribution in [-0.2, 0) is 6.42 Å². The number of urea groups is 1. The molecule has 1 saturated heterocycles. The first-order chi connectivity index (χ1) is 14.1. The zero-order valence-corrected chi connectivity index (χ0v) is 16.9. The minimum Gasteiger partial charge on any atom is -0.339 e. The zero-order chi connectivity index (χ0) is 20.2. The fourth-order valence-corrected chi connectivity index (χ4v) is 3.69. The van der Waals surface area contributed by atoms with Gasteiger partial charge < -0.3 is 14.7 Å². The number of hydrogen-bond donors (Lipinski definition) is 1. The van der Waals surface area contributed by atoms with E-state index < -0.39 is 0 Å². The van der Waals surface area contributed by atoms with E-state index in [4.69, 9.17) is 4.52 Å². The van der Waals surface area contributed by atoms with Gasteiger partial charge >= 0.3 is 6.03 Å². The molecule has 0 aliphatic carbocycles. The Labute approximate surface area is 170 Å². The summed E-state index contributed by atoms with van der Waals surface area (Å²) in [5, 5.41) is 7.14. The Morgan fingerprint density at radius 1 is 1.24 bits per heavy atom. The molecule has 150 valence electrons. The van der Waals surface area contributed by atoms with Gasteiger partial charge in [0.15, 0.2) is 0 Å². The molecular weight excluding hydrogens is 364 g/mol. The quantitative estimate of drug-likeness (QED) is 0.679. The van der Waals surface area contributed by atoms with Crippen LogP contribution >= 0.6 is 0 Å². The maximum atomic E-state index is 12.7. The molecule has 1 aliphatic rings. The van der Waals surface area contributed by atoms with Gasteiger partial charge in [0.2, 0.25) is 11.7 Å². The van der Waals surface area contributed by atoms with Gasteiger partial charge in [0.1, 0.15) is 0 Å². The SMILES string of the molecule is CCc1ccc(NC(=O)N2CCCC(c3nc(-c4cccc(C)c4)no3)C2)cc1. The molecule has 2 heterocycles. The zero-order valence-electron chi connectivity index (χ0n) is 16.9. The lowest BCUT2D eigenvalue weighted by Gasteiger charge is -2.31. The second-order valence-corrected chi connectivity index (χ2v) is 7.59. The smallest absolute Gasteiger partial charge is 0.321 e. The molecule has 29 heavy (non-hydrogen) atoms. The highest BCUT2D eigenvalue weighted by atomic mass is 16.5. The molecule has 6 nitrogen and oxygen atoms in total. The molecule has 1 aromatic heterocycles. The van der Waals surface area contributed by atoms with E-state index in [0.29, 0.717) is 18.3 Å². The van der Waals surface area contributed by atoms with Crippen LogP contribution < -0.4 is 5.32 Å². The third-order valence-corrected chi connectivity index (χ3v) is 5.39. The molecule has 3 aromatic rings. The molecule has 2 amide bonds. The Hall–Kier alpha value is -3.15. The first-order valence-corrected chi connectivity index (χ1v) is 10.2. The van der Waals surface area contributed by atoms with Crippen LogP contribution in [0, 0.1) is 6.92 Å². The highest BCUT2D eigenvalue weighted by Crippen LogP contribution is 2.28. The number of rotatable bonds is 4. The van der Waals surface area contributed by atoms with E-state index in [0.717, 1.165) is 42.6 Å². The van der Waals surface area contributed by atoms with Crippen LogP contribution in [-0.4, -0.2) is 34.2 Å². The van der Waals surface area contributed by atoms with Crippen molar-refractivity contribution in [3.05, 3.63) is 65.5 Å². The normalized spacial score (nSPS) is 16.6. The lowest BCUT2D eigenvalue weighted by Crippen LogP contribution is -2.41. The monoisotopic (exact) mass is 390 g/mol. The summed E-state index contributed by atoms with van der Waals surface area (Å²) in [6.45, 7) is 5.46. The number of aromatic nitrogens is 2. The molecule has 0 radical (unpaired) electrons. The summed E-state index contributed by atoms with van der Waals surface area (Å²) < 4.78 is 5.55. The molecule has 4 rings (SSSR count). The number of nitrogens with one attached hydrogen (secondary N) is 1. The van der Waals surface area contributed by atoms with E-state index in [1.165, 1.54) is 5.56 Å². The van der Waals surface area contributed by atoms with Crippen molar-refractivity contribution in [2.75, 3.05) is 18.4 Å². The van der Waals surface area contributed by atoms with Gasteiger partial charge in [-0.1, -0.05) is 48.0 Å². The largest absolute Gasteiger partial charge is 0.339 e. The van der Waals surface area contributed by atoms with E-state index in [2.05, 4.69) is 22.4 Å². The minimum absolute atomic E-state index is 0.0584. The Kier molecular flexibility index (Phi) is 5.60. The molecule has 6 heteroatoms. The summed E-state index contributed by atoms with van der Waals surface area (Å²) in [7, 11) is 0. The second kappa shape index (κ2) is 8.47. The van der Waals surface area contributed by atoms with Crippen molar-refractivity contribution in [2.24, 2.45) is 0 Å². The van der Waals surface area contributed by atoms with Crippen LogP contribution in [0.3, 0.4) is 0 Å². The molecule has 1 aliphatic heterocycles. The predicted molar refractivity (Wildman–Crippen MR) is 113 cm³/mol. The van der Waals surface area contributed by atoms with Crippen molar-refractivity contribution in [1.82, 2.24) is 15.0 Å². The summed E-state index contributed by atoms with van der Waals surface area (Å²) >= 11 is 0. The average Bonchev–Trinajstić information content (AvgIpc) is 3.25. The minimum atomic E-state index is -0.0858. The molecule has 2 aromatic carbocycles. The van der Waals surface area contributed by atoms with Crippen LogP contribution in [0.5, 0.6) is 0 Å².